The van der Waals surface area contributed by atoms with Gasteiger partial charge in [-0.2, -0.15) is 0 Å². The molecule has 0 aliphatic heterocycles. The van der Waals surface area contributed by atoms with Crippen LogP contribution in [0.3, 0.4) is 0 Å². The summed E-state index contributed by atoms with van der Waals surface area (Å²) in [7, 11) is 0. The fraction of sp³-hybridized carbons (Fsp3) is 0.952. The third kappa shape index (κ3) is 71.4. The topological polar surface area (TPSA) is 154 Å². The maximum atomic E-state index is 13.9. The summed E-state index contributed by atoms with van der Waals surface area (Å²) in [5.41, 5.74) is 0. The van der Waals surface area contributed by atoms with Crippen molar-refractivity contribution in [1.82, 2.24) is 15.5 Å². The van der Waals surface area contributed by atoms with Crippen LogP contribution in [0, 0.1) is 0 Å². The molecule has 0 aromatic carbocycles. The summed E-state index contributed by atoms with van der Waals surface area (Å²) in [5.74, 6) is -3.05. The predicted octanol–water partition coefficient (Wildman–Crippen LogP) is 25.0. The van der Waals surface area contributed by atoms with Crippen molar-refractivity contribution >= 4 is 23.9 Å². The van der Waals surface area contributed by atoms with Gasteiger partial charge in [0.05, 0.1) is 26.1 Å². The highest BCUT2D eigenvalue weighted by atomic mass is 16.5. The Morgan fingerprint density at radius 1 is 0.295 bits per heavy atom. The van der Waals surface area contributed by atoms with Crippen LogP contribution in [-0.2, 0) is 28.7 Å². The van der Waals surface area contributed by atoms with Crippen LogP contribution in [0.15, 0.2) is 0 Å². The molecular weight excluding hydrogens is 1180 g/mol. The number of carboxylic acid groups (broad SMARTS) is 2. The number of carbonyl (C=O) groups is 4. The second kappa shape index (κ2) is 77.5. The second-order valence-electron chi connectivity index (χ2n) is 29.8. The number of unbranched alkanes of at least 4 members (excludes halogenated alkanes) is 60. The van der Waals surface area contributed by atoms with E-state index in [-0.39, 0.29) is 18.9 Å². The molecular formula is C84H165N3O8. The third-order valence-corrected chi connectivity index (χ3v) is 20.3. The number of nitrogens with zero attached hydrogens (tertiary/aromatic N) is 1. The molecule has 11 nitrogen and oxygen atoms in total. The summed E-state index contributed by atoms with van der Waals surface area (Å²) >= 11 is 0. The number of hydrogen-bond donors (Lipinski definition) is 4. The summed E-state index contributed by atoms with van der Waals surface area (Å²) < 4.78 is 11.6. The van der Waals surface area contributed by atoms with Crippen LogP contribution in [0.2, 0.25) is 0 Å². The molecule has 95 heavy (non-hydrogen) atoms. The van der Waals surface area contributed by atoms with E-state index in [0.29, 0.717) is 32.8 Å². The Morgan fingerprint density at radius 3 is 0.800 bits per heavy atom. The first-order valence-corrected chi connectivity index (χ1v) is 42.7. The highest BCUT2D eigenvalue weighted by Gasteiger charge is 2.28. The zero-order valence-electron chi connectivity index (χ0n) is 64.1. The Morgan fingerprint density at radius 2 is 0.526 bits per heavy atom. The SMILES string of the molecule is CCCCCCCCCCCCCCCCCCOC(=O)[C@H](CC(=O)O)NCCN(CCCCCCCCCCCCCCCCCC)CC(CCCCCCCCCCCCCCCCCC)N[C@@H](CC(=O)O)C(=O)OCCCCCCCCCCCCCCCCCC. The molecule has 0 saturated carbocycles. The third-order valence-electron chi connectivity index (χ3n) is 20.3. The molecule has 0 heterocycles. The van der Waals surface area contributed by atoms with Crippen molar-refractivity contribution in [3.05, 3.63) is 0 Å². The molecule has 3 atom stereocenters. The van der Waals surface area contributed by atoms with Gasteiger partial charge in [-0.15, -0.1) is 0 Å². The molecule has 0 aromatic rings. The lowest BCUT2D eigenvalue weighted by atomic mass is 10.0. The summed E-state index contributed by atoms with van der Waals surface area (Å²) in [6, 6.07) is -2.07. The predicted molar refractivity (Wildman–Crippen MR) is 408 cm³/mol. The maximum Gasteiger partial charge on any atom is 0.323 e. The lowest BCUT2D eigenvalue weighted by molar-refractivity contribution is -0.151. The van der Waals surface area contributed by atoms with E-state index in [4.69, 9.17) is 9.47 Å². The average molecular weight is 1350 g/mol. The Labute approximate surface area is 590 Å². The molecule has 0 fully saturated rings. The van der Waals surface area contributed by atoms with Crippen molar-refractivity contribution in [2.45, 2.75) is 476 Å². The van der Waals surface area contributed by atoms with Crippen LogP contribution in [0.4, 0.5) is 0 Å². The molecule has 0 spiro atoms. The van der Waals surface area contributed by atoms with Gasteiger partial charge >= 0.3 is 23.9 Å². The first-order valence-electron chi connectivity index (χ1n) is 42.7. The van der Waals surface area contributed by atoms with Crippen LogP contribution in [0.25, 0.3) is 0 Å². The van der Waals surface area contributed by atoms with Crippen LogP contribution >= 0.6 is 0 Å². The van der Waals surface area contributed by atoms with Crippen molar-refractivity contribution < 1.29 is 38.9 Å². The quantitative estimate of drug-likeness (QED) is 0.0340. The largest absolute Gasteiger partial charge is 0.481 e. The Hall–Kier alpha value is -2.24. The molecule has 564 valence electrons. The molecule has 0 bridgehead atoms. The van der Waals surface area contributed by atoms with E-state index in [2.05, 4.69) is 43.2 Å². The van der Waals surface area contributed by atoms with Gasteiger partial charge in [0, 0.05) is 25.7 Å². The number of aliphatic carboxylic acids is 2. The van der Waals surface area contributed by atoms with Gasteiger partial charge in [-0.05, 0) is 32.2 Å². The van der Waals surface area contributed by atoms with Gasteiger partial charge in [-0.1, -0.05) is 419 Å². The molecule has 0 rings (SSSR count). The van der Waals surface area contributed by atoms with Crippen LogP contribution < -0.4 is 10.6 Å². The fourth-order valence-corrected chi connectivity index (χ4v) is 14.0. The normalized spacial score (nSPS) is 12.6. The first-order chi connectivity index (χ1) is 46.7. The van der Waals surface area contributed by atoms with Crippen LogP contribution in [0.1, 0.15) is 458 Å². The molecule has 4 N–H and O–H groups in total. The number of nitrogens with one attached hydrogen (secondary N) is 2. The van der Waals surface area contributed by atoms with Crippen LogP contribution in [-0.4, -0.2) is 96.5 Å². The minimum Gasteiger partial charge on any atom is -0.481 e. The minimum atomic E-state index is -1.04. The lowest BCUT2D eigenvalue weighted by Gasteiger charge is -2.31. The summed E-state index contributed by atoms with van der Waals surface area (Å²) in [6.45, 7) is 12.1. The molecule has 0 aliphatic rings. The maximum absolute atomic E-state index is 13.9. The van der Waals surface area contributed by atoms with Crippen molar-refractivity contribution in [3.63, 3.8) is 0 Å². The van der Waals surface area contributed by atoms with Crippen LogP contribution in [0.5, 0.6) is 0 Å². The molecule has 11 heteroatoms. The van der Waals surface area contributed by atoms with Gasteiger partial charge in [0.2, 0.25) is 0 Å². The number of esters is 2. The van der Waals surface area contributed by atoms with Crippen molar-refractivity contribution in [2.24, 2.45) is 0 Å². The zero-order valence-corrected chi connectivity index (χ0v) is 64.1. The first kappa shape index (κ1) is 92.8. The average Bonchev–Trinajstić information content (AvgIpc) is 1.15. The number of carboxylic acids is 2. The number of rotatable bonds is 82. The van der Waals surface area contributed by atoms with E-state index in [1.165, 1.54) is 340 Å². The van der Waals surface area contributed by atoms with Crippen molar-refractivity contribution in [2.75, 3.05) is 39.4 Å². The van der Waals surface area contributed by atoms with Gasteiger partial charge in [0.15, 0.2) is 0 Å². The monoisotopic (exact) mass is 1340 g/mol. The number of ether oxygens (including phenoxy) is 2. The Kier molecular flexibility index (Phi) is 75.7. The number of hydrogen-bond acceptors (Lipinski definition) is 9. The lowest BCUT2D eigenvalue weighted by Crippen LogP contribution is -2.51. The highest BCUT2D eigenvalue weighted by Crippen LogP contribution is 2.20. The summed E-state index contributed by atoms with van der Waals surface area (Å²) in [4.78, 5) is 54.4. The van der Waals surface area contributed by atoms with Gasteiger partial charge in [0.25, 0.3) is 0 Å². The van der Waals surface area contributed by atoms with E-state index in [1.807, 2.05) is 0 Å². The fourth-order valence-electron chi connectivity index (χ4n) is 14.0. The van der Waals surface area contributed by atoms with E-state index in [9.17, 15) is 29.4 Å². The molecule has 0 saturated heterocycles. The van der Waals surface area contributed by atoms with E-state index < -0.39 is 36.0 Å². The number of carbonyl (C=O) groups excluding carboxylic acids is 2. The van der Waals surface area contributed by atoms with E-state index in [0.717, 1.165) is 83.6 Å². The molecule has 0 amide bonds. The molecule has 1 unspecified atom stereocenters. The Bertz CT molecular complexity index is 1580. The molecule has 0 aromatic heterocycles. The van der Waals surface area contributed by atoms with E-state index in [1.54, 1.807) is 0 Å². The smallest absolute Gasteiger partial charge is 0.323 e. The van der Waals surface area contributed by atoms with Gasteiger partial charge in [-0.25, -0.2) is 0 Å². The van der Waals surface area contributed by atoms with Gasteiger partial charge in [-0.3, -0.25) is 24.5 Å². The van der Waals surface area contributed by atoms with Gasteiger partial charge in [0.1, 0.15) is 12.1 Å². The second-order valence-corrected chi connectivity index (χ2v) is 29.8. The zero-order chi connectivity index (χ0) is 69.1. The van der Waals surface area contributed by atoms with Crippen molar-refractivity contribution in [1.29, 1.82) is 0 Å². The Balaban J connectivity index is 5.74. The van der Waals surface area contributed by atoms with Crippen molar-refractivity contribution in [3.8, 4) is 0 Å². The minimum absolute atomic E-state index is 0.158. The summed E-state index contributed by atoms with van der Waals surface area (Å²) in [5, 5.41) is 27.0. The van der Waals surface area contributed by atoms with Gasteiger partial charge < -0.3 is 29.9 Å². The molecule has 0 aliphatic carbocycles. The standard InChI is InChI=1S/C84H165N3O8/c1-5-9-13-17-21-25-29-33-37-41-45-49-53-57-61-65-69-78(86-80(76-82(90)91)84(93)95-74-68-64-60-56-52-48-44-40-36-32-28-24-20-16-12-8-4)77-87(71-66-62-58-54-50-46-42-38-34-30-26-22-18-14-10-6-2)72-70-85-79(75-81(88)89)83(92)94-73-67-63-59-55-51-47-43-39-35-31-27-23-19-15-11-7-3/h78-80,85-86H,5-77H2,1-4H3,(H,88,89)(H,90,91)/t78?,79-,80-/m0/s1. The van der Waals surface area contributed by atoms with E-state index >= 15 is 0 Å². The highest BCUT2D eigenvalue weighted by molar-refractivity contribution is 5.82. The molecule has 0 radical (unpaired) electrons. The summed E-state index contributed by atoms with van der Waals surface area (Å²) in [6.07, 6.45) is 82.2.